The number of hydrogen-bond acceptors (Lipinski definition) is 8. The second kappa shape index (κ2) is 13.2. The molecule has 0 bridgehead atoms. The first-order valence-corrected chi connectivity index (χ1v) is 14.1. The number of likely N-dealkylation sites (N-methyl/N-ethyl adjacent to an activating group) is 1. The van der Waals surface area contributed by atoms with E-state index in [-0.39, 0.29) is 78.9 Å². The lowest BCUT2D eigenvalue weighted by Crippen LogP contribution is -2.40. The van der Waals surface area contributed by atoms with Gasteiger partial charge in [0.2, 0.25) is 0 Å². The van der Waals surface area contributed by atoms with Crippen molar-refractivity contribution in [1.29, 1.82) is 5.41 Å². The van der Waals surface area contributed by atoms with Gasteiger partial charge in [-0.05, 0) is 49.9 Å². The largest absolute Gasteiger partial charge is 0.490 e. The number of rotatable bonds is 10. The van der Waals surface area contributed by atoms with Crippen LogP contribution in [0, 0.1) is 11.2 Å². The lowest BCUT2D eigenvalue weighted by Gasteiger charge is -2.37. The van der Waals surface area contributed by atoms with E-state index >= 15 is 4.39 Å². The molecule has 0 aliphatic carbocycles. The van der Waals surface area contributed by atoms with Crippen LogP contribution in [0.5, 0.6) is 17.2 Å². The zero-order chi connectivity index (χ0) is 30.1. The van der Waals surface area contributed by atoms with E-state index in [9.17, 15) is 9.59 Å². The van der Waals surface area contributed by atoms with Crippen LogP contribution in [0.1, 0.15) is 75.0 Å². The summed E-state index contributed by atoms with van der Waals surface area (Å²) in [7, 11) is 1.90. The minimum Gasteiger partial charge on any atom is -0.490 e. The number of anilines is 1. The predicted molar refractivity (Wildman–Crippen MR) is 162 cm³/mol. The maximum Gasteiger partial charge on any atom is 0.309 e. The molecule has 1 unspecified atom stereocenters. The van der Waals surface area contributed by atoms with E-state index < -0.39 is 5.82 Å². The summed E-state index contributed by atoms with van der Waals surface area (Å²) in [5.74, 6) is -0.300. The number of carbonyl (C=O) groups excluding carboxylic acids is 2. The predicted octanol–water partition coefficient (Wildman–Crippen LogP) is 5.52. The Hall–Kier alpha value is -3.53. The van der Waals surface area contributed by atoms with Gasteiger partial charge in [-0.2, -0.15) is 0 Å². The van der Waals surface area contributed by atoms with E-state index in [1.807, 2.05) is 38.8 Å². The molecule has 4 rings (SSSR count). The first-order valence-electron chi connectivity index (χ1n) is 14.1. The van der Waals surface area contributed by atoms with Gasteiger partial charge < -0.3 is 28.7 Å². The smallest absolute Gasteiger partial charge is 0.309 e. The van der Waals surface area contributed by atoms with Crippen LogP contribution in [0.4, 0.5) is 10.1 Å². The third-order valence-corrected chi connectivity index (χ3v) is 7.18. The van der Waals surface area contributed by atoms with Crippen LogP contribution in [0.25, 0.3) is 0 Å². The summed E-state index contributed by atoms with van der Waals surface area (Å²) in [4.78, 5) is 29.4. The Morgan fingerprint density at radius 1 is 1.10 bits per heavy atom. The summed E-state index contributed by atoms with van der Waals surface area (Å²) in [5, 5.41) is 8.69. The molecule has 0 saturated carbocycles. The number of ether oxygens (including phenoxy) is 4. The highest BCUT2D eigenvalue weighted by Crippen LogP contribution is 2.43. The number of benzene rings is 2. The number of hydrogen-bond donors (Lipinski definition) is 1. The average Bonchev–Trinajstić information content (AvgIpc) is 3.20. The number of ketones is 1. The number of Topliss-reactive ketones (excluding diaryl/α,β-unsaturated/α-hetero) is 1. The van der Waals surface area contributed by atoms with Gasteiger partial charge in [-0.15, -0.1) is 12.4 Å². The number of amidine groups is 1. The van der Waals surface area contributed by atoms with Crippen molar-refractivity contribution in [1.82, 2.24) is 4.90 Å². The summed E-state index contributed by atoms with van der Waals surface area (Å²) in [6, 6.07) is 5.32. The van der Waals surface area contributed by atoms with Crippen molar-refractivity contribution in [3.05, 3.63) is 46.3 Å². The van der Waals surface area contributed by atoms with Crippen LogP contribution >= 0.6 is 12.4 Å². The van der Waals surface area contributed by atoms with Crippen molar-refractivity contribution in [2.24, 2.45) is 0 Å². The summed E-state index contributed by atoms with van der Waals surface area (Å²) in [6.07, 6.45) is -0.248. The molecule has 0 amide bonds. The summed E-state index contributed by atoms with van der Waals surface area (Å²) in [5.41, 5.74) is 2.42. The second-order valence-corrected chi connectivity index (χ2v) is 11.3. The summed E-state index contributed by atoms with van der Waals surface area (Å²) < 4.78 is 38.0. The van der Waals surface area contributed by atoms with E-state index in [4.69, 9.17) is 24.4 Å². The third kappa shape index (κ3) is 6.59. The number of nitrogens with zero attached hydrogens (tertiary/aromatic N) is 2. The molecule has 2 aromatic carbocycles. The molecular formula is C31H41ClFN3O6. The van der Waals surface area contributed by atoms with Gasteiger partial charge in [0, 0.05) is 24.7 Å². The molecule has 0 radical (unpaired) electrons. The Kier molecular flexibility index (Phi) is 10.4. The highest BCUT2D eigenvalue weighted by Gasteiger charge is 2.35. The maximum atomic E-state index is 15.5. The Morgan fingerprint density at radius 2 is 1.79 bits per heavy atom. The monoisotopic (exact) mass is 605 g/mol. The van der Waals surface area contributed by atoms with Crippen LogP contribution < -0.4 is 19.1 Å². The fraction of sp³-hybridized carbons (Fsp3) is 0.516. The molecule has 2 heterocycles. The van der Waals surface area contributed by atoms with E-state index in [0.29, 0.717) is 42.4 Å². The fourth-order valence-electron chi connectivity index (χ4n) is 5.28. The minimum atomic E-state index is -0.646. The lowest BCUT2D eigenvalue weighted by molar-refractivity contribution is -0.144. The molecule has 0 fully saturated rings. The topological polar surface area (TPSA) is 101 Å². The summed E-state index contributed by atoms with van der Waals surface area (Å²) in [6.45, 7) is 12.9. The van der Waals surface area contributed by atoms with Gasteiger partial charge in [-0.1, -0.05) is 20.8 Å². The third-order valence-electron chi connectivity index (χ3n) is 7.18. The van der Waals surface area contributed by atoms with Crippen LogP contribution in [-0.2, 0) is 21.5 Å². The van der Waals surface area contributed by atoms with Crippen molar-refractivity contribution in [2.75, 3.05) is 44.9 Å². The number of esters is 1. The molecule has 230 valence electrons. The summed E-state index contributed by atoms with van der Waals surface area (Å²) >= 11 is 0. The van der Waals surface area contributed by atoms with Gasteiger partial charge in [0.05, 0.1) is 50.6 Å². The quantitative estimate of drug-likeness (QED) is 0.279. The molecular weight excluding hydrogens is 565 g/mol. The van der Waals surface area contributed by atoms with Gasteiger partial charge >= 0.3 is 5.97 Å². The van der Waals surface area contributed by atoms with Crippen molar-refractivity contribution in [3.8, 4) is 17.2 Å². The van der Waals surface area contributed by atoms with Gasteiger partial charge in [-0.3, -0.25) is 15.0 Å². The van der Waals surface area contributed by atoms with Crippen molar-refractivity contribution in [3.63, 3.8) is 0 Å². The normalized spacial score (nSPS) is 15.8. The first-order chi connectivity index (χ1) is 19.4. The van der Waals surface area contributed by atoms with Gasteiger partial charge in [0.25, 0.3) is 0 Å². The Morgan fingerprint density at radius 3 is 2.40 bits per heavy atom. The lowest BCUT2D eigenvalue weighted by atomic mass is 9.83. The molecule has 0 spiro atoms. The molecule has 1 N–H and O–H groups in total. The molecule has 11 heteroatoms. The van der Waals surface area contributed by atoms with Gasteiger partial charge in [0.15, 0.2) is 23.1 Å². The van der Waals surface area contributed by atoms with Crippen LogP contribution in [-0.4, -0.2) is 68.5 Å². The highest BCUT2D eigenvalue weighted by atomic mass is 35.5. The Balaban J connectivity index is 0.00000484. The van der Waals surface area contributed by atoms with Crippen LogP contribution in [0.3, 0.4) is 0 Å². The maximum absolute atomic E-state index is 15.5. The molecule has 9 nitrogen and oxygen atoms in total. The average molecular weight is 606 g/mol. The van der Waals surface area contributed by atoms with Crippen molar-refractivity contribution in [2.45, 2.75) is 66.0 Å². The molecule has 0 saturated heterocycles. The van der Waals surface area contributed by atoms with Crippen molar-refractivity contribution < 1.29 is 32.9 Å². The first kappa shape index (κ1) is 33.0. The van der Waals surface area contributed by atoms with E-state index in [2.05, 4.69) is 0 Å². The molecule has 2 aromatic rings. The molecule has 0 aromatic heterocycles. The van der Waals surface area contributed by atoms with E-state index in [1.165, 1.54) is 0 Å². The highest BCUT2D eigenvalue weighted by molar-refractivity contribution is 6.06. The Labute approximate surface area is 253 Å². The molecule has 2 aliphatic rings. The number of nitrogens with one attached hydrogen (secondary N) is 1. The molecule has 42 heavy (non-hydrogen) atoms. The fourth-order valence-corrected chi connectivity index (χ4v) is 5.28. The zero-order valence-corrected chi connectivity index (χ0v) is 26.2. The van der Waals surface area contributed by atoms with Crippen LogP contribution in [0.2, 0.25) is 0 Å². The number of carbonyl (C=O) groups is 2. The van der Waals surface area contributed by atoms with E-state index in [0.717, 1.165) is 11.3 Å². The minimum absolute atomic E-state index is 0. The zero-order valence-electron chi connectivity index (χ0n) is 25.4. The standard InChI is InChI=1S/C31H40FN3O6.ClH/c1-8-38-24-13-19-15-35(30(33)26(19)27(32)29(24)40-10-3)17-23(36)18-11-21(31(4,5)6)28-22(12-18)34(7)16-20(41-28)14-25(37)39-9-2;/h11-13,20,33H,8-10,14-17H2,1-7H3;1H. The number of halogens is 2. The molecule has 1 atom stereocenters. The van der Waals surface area contributed by atoms with Gasteiger partial charge in [-0.25, -0.2) is 4.39 Å². The Bertz CT molecular complexity index is 1360. The number of fused-ring (bicyclic) bond motifs is 2. The SMILES string of the molecule is CCOC(=O)CC1CN(C)c2cc(C(=O)CN3Cc4cc(OCC)c(OCC)c(F)c4C3=N)cc(C(C)(C)C)c2O1.Cl. The van der Waals surface area contributed by atoms with E-state index in [1.54, 1.807) is 37.8 Å². The van der Waals surface area contributed by atoms with Crippen molar-refractivity contribution >= 4 is 35.7 Å². The van der Waals surface area contributed by atoms with Crippen LogP contribution in [0.15, 0.2) is 18.2 Å². The second-order valence-electron chi connectivity index (χ2n) is 11.3. The molecule has 2 aliphatic heterocycles. The van der Waals surface area contributed by atoms with Gasteiger partial charge in [0.1, 0.15) is 17.7 Å².